The molecule has 0 aliphatic heterocycles. The maximum atomic E-state index is 11.6. The van der Waals surface area contributed by atoms with Crippen LogP contribution in [0, 0.1) is 0 Å². The summed E-state index contributed by atoms with van der Waals surface area (Å²) in [5, 5.41) is 2.69. The van der Waals surface area contributed by atoms with Crippen LogP contribution >= 0.6 is 0 Å². The molecule has 0 saturated heterocycles. The minimum atomic E-state index is -0.424. The van der Waals surface area contributed by atoms with Gasteiger partial charge in [0.15, 0.2) is 0 Å². The van der Waals surface area contributed by atoms with Crippen LogP contribution in [-0.2, 0) is 11.3 Å². The van der Waals surface area contributed by atoms with Gasteiger partial charge in [0.05, 0.1) is 6.61 Å². The van der Waals surface area contributed by atoms with E-state index in [4.69, 9.17) is 9.47 Å². The summed E-state index contributed by atoms with van der Waals surface area (Å²) >= 11 is 0. The van der Waals surface area contributed by atoms with Crippen molar-refractivity contribution in [2.45, 2.75) is 20.0 Å². The Morgan fingerprint density at radius 2 is 1.83 bits per heavy atom. The molecule has 2 aromatic rings. The topological polar surface area (TPSA) is 47.6 Å². The van der Waals surface area contributed by atoms with Gasteiger partial charge in [0.2, 0.25) is 0 Å². The van der Waals surface area contributed by atoms with Gasteiger partial charge >= 0.3 is 6.09 Å². The zero-order valence-electron chi connectivity index (χ0n) is 13.9. The Labute approximate surface area is 143 Å². The Bertz CT molecular complexity index is 636. The molecule has 0 aliphatic carbocycles. The molecule has 126 valence electrons. The molecule has 0 aromatic heterocycles. The van der Waals surface area contributed by atoms with Gasteiger partial charge in [-0.1, -0.05) is 61.5 Å². The van der Waals surface area contributed by atoms with Gasteiger partial charge in [-0.25, -0.2) is 4.79 Å². The summed E-state index contributed by atoms with van der Waals surface area (Å²) < 4.78 is 10.7. The third-order valence-corrected chi connectivity index (χ3v) is 3.24. The molecule has 4 heteroatoms. The Hall–Kier alpha value is -2.75. The van der Waals surface area contributed by atoms with Gasteiger partial charge in [-0.2, -0.15) is 0 Å². The lowest BCUT2D eigenvalue weighted by molar-refractivity contribution is 0.141. The molecule has 4 nitrogen and oxygen atoms in total. The van der Waals surface area contributed by atoms with Crippen LogP contribution in [-0.4, -0.2) is 19.2 Å². The minimum absolute atomic E-state index is 0.273. The number of benzene rings is 2. The molecule has 1 amide bonds. The molecule has 1 N–H and O–H groups in total. The first-order chi connectivity index (χ1) is 11.8. The largest absolute Gasteiger partial charge is 0.494 e. The summed E-state index contributed by atoms with van der Waals surface area (Å²) in [5.41, 5.74) is 2.02. The predicted octanol–water partition coefficient (Wildman–Crippen LogP) is 4.42. The summed E-state index contributed by atoms with van der Waals surface area (Å²) in [6.07, 6.45) is 4.40. The van der Waals surface area contributed by atoms with Crippen LogP contribution in [0.15, 0.2) is 60.7 Å². The number of hydrogen-bond donors (Lipinski definition) is 1. The Balaban J connectivity index is 1.67. The van der Waals surface area contributed by atoms with Crippen LogP contribution in [0.5, 0.6) is 5.75 Å². The number of carbonyl (C=O) groups is 1. The van der Waals surface area contributed by atoms with Crippen molar-refractivity contribution in [3.05, 3.63) is 71.8 Å². The van der Waals surface area contributed by atoms with Crippen molar-refractivity contribution in [2.24, 2.45) is 0 Å². The van der Waals surface area contributed by atoms with Crippen molar-refractivity contribution in [2.75, 3.05) is 13.2 Å². The van der Waals surface area contributed by atoms with Crippen LogP contribution < -0.4 is 10.1 Å². The summed E-state index contributed by atoms with van der Waals surface area (Å²) in [4.78, 5) is 11.6. The number of ether oxygens (including phenoxy) is 2. The lowest BCUT2D eigenvalue weighted by atomic mass is 10.2. The van der Waals surface area contributed by atoms with Crippen molar-refractivity contribution in [1.29, 1.82) is 0 Å². The molecule has 24 heavy (non-hydrogen) atoms. The molecule has 0 heterocycles. The first-order valence-corrected chi connectivity index (χ1v) is 8.12. The summed E-state index contributed by atoms with van der Waals surface area (Å²) in [5.74, 6) is 0.872. The highest BCUT2D eigenvalue weighted by Crippen LogP contribution is 2.13. The van der Waals surface area contributed by atoms with E-state index >= 15 is 0 Å². The first kappa shape index (κ1) is 17.6. The molecule has 2 aromatic carbocycles. The second-order valence-corrected chi connectivity index (χ2v) is 5.26. The Morgan fingerprint density at radius 1 is 1.08 bits per heavy atom. The summed E-state index contributed by atoms with van der Waals surface area (Å²) in [6.45, 7) is 3.50. The molecule has 0 saturated carbocycles. The van der Waals surface area contributed by atoms with Crippen molar-refractivity contribution >= 4 is 12.2 Å². The summed E-state index contributed by atoms with van der Waals surface area (Å²) in [7, 11) is 0. The highest BCUT2D eigenvalue weighted by Gasteiger charge is 2.00. The van der Waals surface area contributed by atoms with Crippen LogP contribution in [0.4, 0.5) is 4.79 Å². The van der Waals surface area contributed by atoms with E-state index in [0.29, 0.717) is 6.54 Å². The molecule has 0 radical (unpaired) electrons. The fourth-order valence-corrected chi connectivity index (χ4v) is 2.01. The zero-order valence-corrected chi connectivity index (χ0v) is 13.9. The van der Waals surface area contributed by atoms with E-state index in [0.717, 1.165) is 29.9 Å². The fourth-order valence-electron chi connectivity index (χ4n) is 2.01. The quantitative estimate of drug-likeness (QED) is 0.782. The van der Waals surface area contributed by atoms with Gasteiger partial charge in [0, 0.05) is 6.54 Å². The number of carbonyl (C=O) groups excluding carboxylic acids is 1. The number of amides is 1. The molecule has 0 spiro atoms. The van der Waals surface area contributed by atoms with E-state index in [-0.39, 0.29) is 6.61 Å². The number of hydrogen-bond acceptors (Lipinski definition) is 3. The molecule has 0 fully saturated rings. The average molecular weight is 325 g/mol. The van der Waals surface area contributed by atoms with Crippen LogP contribution in [0.25, 0.3) is 6.08 Å². The van der Waals surface area contributed by atoms with E-state index in [9.17, 15) is 4.79 Å². The third kappa shape index (κ3) is 6.57. The van der Waals surface area contributed by atoms with E-state index in [1.165, 1.54) is 0 Å². The lowest BCUT2D eigenvalue weighted by Crippen LogP contribution is -2.24. The minimum Gasteiger partial charge on any atom is -0.494 e. The van der Waals surface area contributed by atoms with Gasteiger partial charge in [-0.3, -0.25) is 0 Å². The molecule has 2 rings (SSSR count). The van der Waals surface area contributed by atoms with Crippen molar-refractivity contribution in [1.82, 2.24) is 5.32 Å². The smallest absolute Gasteiger partial charge is 0.407 e. The third-order valence-electron chi connectivity index (χ3n) is 3.24. The second-order valence-electron chi connectivity index (χ2n) is 5.26. The predicted molar refractivity (Wildman–Crippen MR) is 95.9 cm³/mol. The van der Waals surface area contributed by atoms with Crippen molar-refractivity contribution in [3.63, 3.8) is 0 Å². The van der Waals surface area contributed by atoms with E-state index < -0.39 is 6.09 Å². The highest BCUT2D eigenvalue weighted by molar-refractivity contribution is 5.67. The maximum Gasteiger partial charge on any atom is 0.407 e. The monoisotopic (exact) mass is 325 g/mol. The zero-order chi connectivity index (χ0) is 17.0. The number of nitrogens with one attached hydrogen (secondary N) is 1. The molecule has 0 unspecified atom stereocenters. The lowest BCUT2D eigenvalue weighted by Gasteiger charge is -2.05. The molecular formula is C20H23NO3. The van der Waals surface area contributed by atoms with Crippen molar-refractivity contribution in [3.8, 4) is 5.75 Å². The van der Waals surface area contributed by atoms with Crippen LogP contribution in [0.1, 0.15) is 24.5 Å². The molecular weight excluding hydrogens is 302 g/mol. The average Bonchev–Trinajstić information content (AvgIpc) is 2.63. The van der Waals surface area contributed by atoms with E-state index in [1.807, 2.05) is 66.7 Å². The standard InChI is InChI=1S/C20H23NO3/c1-2-15-23-19-12-10-17(11-13-19)9-6-14-21-20(22)24-16-18-7-4-3-5-8-18/h3-13H,2,14-16H2,1H3,(H,21,22). The van der Waals surface area contributed by atoms with Gasteiger partial charge in [0.25, 0.3) is 0 Å². The fraction of sp³-hybridized carbons (Fsp3) is 0.250. The van der Waals surface area contributed by atoms with Crippen LogP contribution in [0.3, 0.4) is 0 Å². The highest BCUT2D eigenvalue weighted by atomic mass is 16.5. The first-order valence-electron chi connectivity index (χ1n) is 8.12. The maximum absolute atomic E-state index is 11.6. The number of alkyl carbamates (subject to hydrolysis) is 1. The van der Waals surface area contributed by atoms with Gasteiger partial charge < -0.3 is 14.8 Å². The van der Waals surface area contributed by atoms with Crippen LogP contribution in [0.2, 0.25) is 0 Å². The molecule has 0 bridgehead atoms. The Kier molecular flexibility index (Phi) is 7.41. The molecule has 0 aliphatic rings. The van der Waals surface area contributed by atoms with Gasteiger partial charge in [0.1, 0.15) is 12.4 Å². The molecule has 0 atom stereocenters. The van der Waals surface area contributed by atoms with E-state index in [1.54, 1.807) is 0 Å². The van der Waals surface area contributed by atoms with E-state index in [2.05, 4.69) is 12.2 Å². The van der Waals surface area contributed by atoms with Gasteiger partial charge in [-0.05, 0) is 29.7 Å². The van der Waals surface area contributed by atoms with Gasteiger partial charge in [-0.15, -0.1) is 0 Å². The Morgan fingerprint density at radius 3 is 2.54 bits per heavy atom. The van der Waals surface area contributed by atoms with Crippen molar-refractivity contribution < 1.29 is 14.3 Å². The summed E-state index contributed by atoms with van der Waals surface area (Å²) in [6, 6.07) is 17.4. The normalized spacial score (nSPS) is 10.5. The SMILES string of the molecule is CCCOc1ccc(C=CCNC(=O)OCc2ccccc2)cc1. The number of rotatable bonds is 8. The second kappa shape index (κ2) is 10.1.